The van der Waals surface area contributed by atoms with Crippen molar-refractivity contribution in [3.8, 4) is 0 Å². The maximum absolute atomic E-state index is 13.7. The smallest absolute Gasteiger partial charge is 0.186 e. The molecule has 0 amide bonds. The van der Waals surface area contributed by atoms with Crippen molar-refractivity contribution < 1.29 is 22.0 Å². The molecule has 0 saturated carbocycles. The van der Waals surface area contributed by atoms with E-state index in [1.165, 1.54) is 24.3 Å². The van der Waals surface area contributed by atoms with E-state index in [4.69, 9.17) is 12.2 Å². The van der Waals surface area contributed by atoms with Crippen molar-refractivity contribution in [1.29, 1.82) is 0 Å². The minimum Gasteiger partial charge on any atom is -0.358 e. The lowest BCUT2D eigenvalue weighted by atomic mass is 10.2. The van der Waals surface area contributed by atoms with Crippen LogP contribution in [0.15, 0.2) is 28.7 Å². The lowest BCUT2D eigenvalue weighted by Crippen LogP contribution is -2.29. The highest BCUT2D eigenvalue weighted by Crippen LogP contribution is 2.31. The molecule has 122 valence electrons. The zero-order valence-corrected chi connectivity index (χ0v) is 13.6. The molecule has 2 N–H and O–H groups in total. The van der Waals surface area contributed by atoms with Gasteiger partial charge < -0.3 is 10.6 Å². The van der Waals surface area contributed by atoms with E-state index in [9.17, 15) is 22.0 Å². The Hall–Kier alpha value is -1.74. The fourth-order valence-electron chi connectivity index (χ4n) is 1.66. The minimum atomic E-state index is -1.61. The number of benzene rings is 2. The molecule has 0 unspecified atom stereocenters. The molecule has 0 aromatic heterocycles. The summed E-state index contributed by atoms with van der Waals surface area (Å²) < 4.78 is 66.0. The molecule has 2 rings (SSSR count). The highest BCUT2D eigenvalue weighted by Gasteiger charge is 2.24. The van der Waals surface area contributed by atoms with Gasteiger partial charge >= 0.3 is 0 Å². The van der Waals surface area contributed by atoms with Gasteiger partial charge in [0.15, 0.2) is 28.4 Å². The van der Waals surface area contributed by atoms with E-state index in [0.29, 0.717) is 5.56 Å². The molecule has 0 radical (unpaired) electrons. The van der Waals surface area contributed by atoms with E-state index >= 15 is 0 Å². The molecule has 0 fully saturated rings. The van der Waals surface area contributed by atoms with E-state index in [0.717, 1.165) is 0 Å². The molecular weight excluding hydrogens is 403 g/mol. The van der Waals surface area contributed by atoms with Gasteiger partial charge in [0.2, 0.25) is 0 Å². The Morgan fingerprint density at radius 2 is 1.43 bits per heavy atom. The summed E-state index contributed by atoms with van der Waals surface area (Å²) in [5.41, 5.74) is -0.399. The molecule has 0 heterocycles. The lowest BCUT2D eigenvalue weighted by molar-refractivity contribution is 0.452. The molecule has 0 aliphatic carbocycles. The minimum absolute atomic E-state index is 0.122. The summed E-state index contributed by atoms with van der Waals surface area (Å²) in [6.07, 6.45) is 0. The van der Waals surface area contributed by atoms with Gasteiger partial charge in [-0.05, 0) is 45.8 Å². The average Bonchev–Trinajstić information content (AvgIpc) is 2.54. The monoisotopic (exact) mass is 410 g/mol. The van der Waals surface area contributed by atoms with Gasteiger partial charge in [0.1, 0.15) is 11.5 Å². The van der Waals surface area contributed by atoms with Gasteiger partial charge in [-0.2, -0.15) is 0 Å². The Morgan fingerprint density at radius 3 is 1.96 bits per heavy atom. The highest BCUT2D eigenvalue weighted by atomic mass is 79.9. The predicted molar refractivity (Wildman–Crippen MR) is 83.4 cm³/mol. The van der Waals surface area contributed by atoms with E-state index in [-0.39, 0.29) is 11.7 Å². The third-order valence-electron chi connectivity index (χ3n) is 2.81. The molecule has 2 aromatic carbocycles. The number of rotatable bonds is 3. The molecule has 0 saturated heterocycles. The van der Waals surface area contributed by atoms with Crippen molar-refractivity contribution in [2.24, 2.45) is 0 Å². The number of hydrogen-bond acceptors (Lipinski definition) is 1. The van der Waals surface area contributed by atoms with Gasteiger partial charge in [0.25, 0.3) is 0 Å². The van der Waals surface area contributed by atoms with Crippen LogP contribution in [0, 0.1) is 29.1 Å². The molecule has 23 heavy (non-hydrogen) atoms. The molecule has 2 nitrogen and oxygen atoms in total. The van der Waals surface area contributed by atoms with Gasteiger partial charge in [-0.1, -0.05) is 12.1 Å². The van der Waals surface area contributed by atoms with Crippen LogP contribution in [-0.2, 0) is 6.54 Å². The number of hydrogen-bond donors (Lipinski definition) is 2. The lowest BCUT2D eigenvalue weighted by Gasteiger charge is -2.13. The third-order valence-corrected chi connectivity index (χ3v) is 3.76. The highest BCUT2D eigenvalue weighted by molar-refractivity contribution is 9.10. The summed E-state index contributed by atoms with van der Waals surface area (Å²) in [6.45, 7) is 0.122. The van der Waals surface area contributed by atoms with Crippen LogP contribution in [0.2, 0.25) is 0 Å². The average molecular weight is 411 g/mol. The van der Waals surface area contributed by atoms with Crippen LogP contribution in [0.3, 0.4) is 0 Å². The predicted octanol–water partition coefficient (Wildman–Crippen LogP) is 4.63. The summed E-state index contributed by atoms with van der Waals surface area (Å²) in [5.74, 6) is -6.79. The fraction of sp³-hybridized carbons (Fsp3) is 0.0714. The second kappa shape index (κ2) is 7.22. The van der Waals surface area contributed by atoms with Crippen LogP contribution in [0.4, 0.5) is 27.6 Å². The van der Waals surface area contributed by atoms with Crippen molar-refractivity contribution >= 4 is 38.9 Å². The molecular formula is C14H8BrF5N2S. The molecule has 0 spiro atoms. The van der Waals surface area contributed by atoms with E-state index < -0.39 is 39.2 Å². The van der Waals surface area contributed by atoms with Gasteiger partial charge in [0.05, 0.1) is 4.47 Å². The summed E-state index contributed by atoms with van der Waals surface area (Å²) >= 11 is 7.22. The number of nitrogens with one attached hydrogen (secondary N) is 2. The Labute approximate surface area is 141 Å². The summed E-state index contributed by atoms with van der Waals surface area (Å²) in [5, 5.41) is 4.39. The SMILES string of the molecule is Fc1ccc(CNC(=S)Nc2c(F)c(F)c(Br)c(F)c2F)cc1. The summed E-state index contributed by atoms with van der Waals surface area (Å²) in [7, 11) is 0. The fourth-order valence-corrected chi connectivity index (χ4v) is 2.18. The Balaban J connectivity index is 2.10. The molecule has 0 aliphatic heterocycles. The number of halogens is 6. The van der Waals surface area contributed by atoms with E-state index in [1.807, 2.05) is 0 Å². The van der Waals surface area contributed by atoms with Crippen LogP contribution >= 0.6 is 28.1 Å². The van der Waals surface area contributed by atoms with Crippen molar-refractivity contribution in [3.63, 3.8) is 0 Å². The Kier molecular flexibility index (Phi) is 5.53. The maximum atomic E-state index is 13.7. The molecule has 0 bridgehead atoms. The first-order chi connectivity index (χ1) is 10.8. The molecule has 2 aromatic rings. The van der Waals surface area contributed by atoms with Crippen molar-refractivity contribution in [2.75, 3.05) is 5.32 Å². The quantitative estimate of drug-likeness (QED) is 0.333. The van der Waals surface area contributed by atoms with Gasteiger partial charge in [-0.3, -0.25) is 0 Å². The van der Waals surface area contributed by atoms with Crippen molar-refractivity contribution in [2.45, 2.75) is 6.54 Å². The number of thiocarbonyl (C=S) groups is 1. The first-order valence-electron chi connectivity index (χ1n) is 6.12. The first-order valence-corrected chi connectivity index (χ1v) is 7.32. The van der Waals surface area contributed by atoms with Crippen LogP contribution in [-0.4, -0.2) is 5.11 Å². The largest absolute Gasteiger partial charge is 0.358 e. The van der Waals surface area contributed by atoms with Crippen molar-refractivity contribution in [1.82, 2.24) is 5.32 Å². The van der Waals surface area contributed by atoms with Gasteiger partial charge in [-0.25, -0.2) is 22.0 Å². The molecule has 0 atom stereocenters. The Morgan fingerprint density at radius 1 is 0.913 bits per heavy atom. The number of anilines is 1. The van der Waals surface area contributed by atoms with Crippen molar-refractivity contribution in [3.05, 3.63) is 63.4 Å². The van der Waals surface area contributed by atoms with Crippen LogP contribution in [0.5, 0.6) is 0 Å². The molecule has 0 aliphatic rings. The standard InChI is InChI=1S/C14H8BrF5N2S/c15-8-9(17)11(19)13(12(20)10(8)18)22-14(23)21-5-6-1-3-7(16)4-2-6/h1-4H,5H2,(H2,21,22,23). The third kappa shape index (κ3) is 3.97. The zero-order valence-electron chi connectivity index (χ0n) is 11.2. The zero-order chi connectivity index (χ0) is 17.1. The van der Waals surface area contributed by atoms with Gasteiger partial charge in [-0.15, -0.1) is 0 Å². The Bertz CT molecular complexity index is 723. The summed E-state index contributed by atoms with van der Waals surface area (Å²) in [4.78, 5) is 0. The van der Waals surface area contributed by atoms with E-state index in [2.05, 4.69) is 26.6 Å². The first kappa shape index (κ1) is 17.6. The molecule has 9 heteroatoms. The topological polar surface area (TPSA) is 24.1 Å². The van der Waals surface area contributed by atoms with E-state index in [1.54, 1.807) is 0 Å². The van der Waals surface area contributed by atoms with Crippen LogP contribution in [0.1, 0.15) is 5.56 Å². The normalized spacial score (nSPS) is 10.5. The second-order valence-electron chi connectivity index (χ2n) is 4.38. The maximum Gasteiger partial charge on any atom is 0.186 e. The second-order valence-corrected chi connectivity index (χ2v) is 5.58. The van der Waals surface area contributed by atoms with Crippen LogP contribution in [0.25, 0.3) is 0 Å². The van der Waals surface area contributed by atoms with Crippen LogP contribution < -0.4 is 10.6 Å². The summed E-state index contributed by atoms with van der Waals surface area (Å²) in [6, 6.07) is 5.41. The van der Waals surface area contributed by atoms with Gasteiger partial charge in [0, 0.05) is 6.54 Å².